The summed E-state index contributed by atoms with van der Waals surface area (Å²) in [5.41, 5.74) is 1.40. The molecule has 0 aromatic heterocycles. The number of piperidine rings is 1. The number of aliphatic carboxylic acids is 1. The van der Waals surface area contributed by atoms with E-state index in [0.717, 1.165) is 25.9 Å². The quantitative estimate of drug-likeness (QED) is 0.889. The highest BCUT2D eigenvalue weighted by Crippen LogP contribution is 2.34. The Kier molecular flexibility index (Phi) is 4.37. The molecule has 18 heavy (non-hydrogen) atoms. The van der Waals surface area contributed by atoms with Crippen LogP contribution in [0.1, 0.15) is 31.2 Å². The predicted molar refractivity (Wildman–Crippen MR) is 71.7 cm³/mol. The summed E-state index contributed by atoms with van der Waals surface area (Å²) in [6.45, 7) is 4.17. The Hall–Kier alpha value is -1.35. The number of rotatable bonds is 4. The van der Waals surface area contributed by atoms with Crippen molar-refractivity contribution >= 4 is 5.97 Å². The van der Waals surface area contributed by atoms with Gasteiger partial charge < -0.3 is 5.11 Å². The van der Waals surface area contributed by atoms with E-state index in [0.29, 0.717) is 11.8 Å². The van der Waals surface area contributed by atoms with Crippen molar-refractivity contribution in [1.82, 2.24) is 4.90 Å². The van der Waals surface area contributed by atoms with Gasteiger partial charge in [0.15, 0.2) is 0 Å². The number of nitrogens with zero attached hydrogens (tertiary/aromatic N) is 1. The number of carboxylic acid groups (broad SMARTS) is 1. The highest BCUT2D eigenvalue weighted by atomic mass is 16.4. The Bertz CT molecular complexity index is 391. The van der Waals surface area contributed by atoms with Crippen LogP contribution in [0.15, 0.2) is 30.3 Å². The second-order valence-electron chi connectivity index (χ2n) is 5.10. The lowest BCUT2D eigenvalue weighted by Crippen LogP contribution is -2.41. The van der Waals surface area contributed by atoms with Crippen LogP contribution in [0.5, 0.6) is 0 Å². The zero-order valence-corrected chi connectivity index (χ0v) is 10.9. The van der Waals surface area contributed by atoms with Crippen molar-refractivity contribution in [3.05, 3.63) is 35.9 Å². The molecular formula is C15H21NO2. The molecule has 1 fully saturated rings. The molecule has 0 amide bonds. The van der Waals surface area contributed by atoms with Crippen molar-refractivity contribution in [3.63, 3.8) is 0 Å². The van der Waals surface area contributed by atoms with Gasteiger partial charge >= 0.3 is 5.97 Å². The van der Waals surface area contributed by atoms with E-state index in [1.54, 1.807) is 0 Å². The van der Waals surface area contributed by atoms with Gasteiger partial charge in [0.1, 0.15) is 0 Å². The molecule has 98 valence electrons. The van der Waals surface area contributed by atoms with Crippen molar-refractivity contribution < 1.29 is 9.90 Å². The predicted octanol–water partition coefficient (Wildman–Crippen LogP) is 2.59. The molecule has 0 saturated carbocycles. The topological polar surface area (TPSA) is 40.5 Å². The Balaban J connectivity index is 2.04. The van der Waals surface area contributed by atoms with Gasteiger partial charge in [-0.1, -0.05) is 43.7 Å². The molecule has 0 radical (unpaired) electrons. The molecular weight excluding hydrogens is 226 g/mol. The number of likely N-dealkylation sites (tertiary alicyclic amines) is 1. The third-order valence-electron chi connectivity index (χ3n) is 3.93. The number of carboxylic acids is 1. The first-order chi connectivity index (χ1) is 8.70. The van der Waals surface area contributed by atoms with Crippen molar-refractivity contribution in [2.45, 2.75) is 25.7 Å². The third kappa shape index (κ3) is 3.10. The smallest absolute Gasteiger partial charge is 0.317 e. The fourth-order valence-corrected chi connectivity index (χ4v) is 3.00. The van der Waals surface area contributed by atoms with Gasteiger partial charge in [0.2, 0.25) is 0 Å². The minimum absolute atomic E-state index is 0.179. The van der Waals surface area contributed by atoms with Gasteiger partial charge in [0, 0.05) is 6.54 Å². The summed E-state index contributed by atoms with van der Waals surface area (Å²) in [6.07, 6.45) is 2.17. The number of benzene rings is 1. The Morgan fingerprint density at radius 2 is 2.11 bits per heavy atom. The van der Waals surface area contributed by atoms with E-state index in [1.807, 2.05) is 6.07 Å². The molecule has 3 heteroatoms. The molecule has 1 saturated heterocycles. The van der Waals surface area contributed by atoms with Crippen LogP contribution >= 0.6 is 0 Å². The lowest BCUT2D eigenvalue weighted by atomic mass is 9.79. The van der Waals surface area contributed by atoms with E-state index >= 15 is 0 Å². The van der Waals surface area contributed by atoms with Gasteiger partial charge in [-0.05, 0) is 30.4 Å². The summed E-state index contributed by atoms with van der Waals surface area (Å²) in [4.78, 5) is 12.8. The maximum absolute atomic E-state index is 10.8. The molecule has 0 unspecified atom stereocenters. The standard InChI is InChI=1S/C15H21NO2/c1-2-12-10-16(11-15(17)18)9-8-14(12)13-6-4-3-5-7-13/h3-7,12,14H,2,8-11H2,1H3,(H,17,18)/t12-,14-/m1/s1. The molecule has 2 rings (SSSR count). The zero-order chi connectivity index (χ0) is 13.0. The Morgan fingerprint density at radius 3 is 2.72 bits per heavy atom. The first-order valence-electron chi connectivity index (χ1n) is 6.69. The largest absolute Gasteiger partial charge is 0.480 e. The van der Waals surface area contributed by atoms with Gasteiger partial charge in [-0.3, -0.25) is 9.69 Å². The molecule has 1 aromatic carbocycles. The molecule has 3 nitrogen and oxygen atoms in total. The van der Waals surface area contributed by atoms with Crippen LogP contribution in [-0.4, -0.2) is 35.6 Å². The van der Waals surface area contributed by atoms with Gasteiger partial charge in [-0.15, -0.1) is 0 Å². The van der Waals surface area contributed by atoms with Crippen molar-refractivity contribution in [2.75, 3.05) is 19.6 Å². The molecule has 0 aliphatic carbocycles. The minimum atomic E-state index is -0.719. The highest BCUT2D eigenvalue weighted by molar-refractivity contribution is 5.69. The number of hydrogen-bond acceptors (Lipinski definition) is 2. The van der Waals surface area contributed by atoms with E-state index in [-0.39, 0.29) is 6.54 Å². The maximum atomic E-state index is 10.8. The van der Waals surface area contributed by atoms with Gasteiger partial charge in [-0.2, -0.15) is 0 Å². The Labute approximate surface area is 108 Å². The lowest BCUT2D eigenvalue weighted by molar-refractivity contribution is -0.138. The monoisotopic (exact) mass is 247 g/mol. The molecule has 1 aliphatic rings. The molecule has 1 aromatic rings. The van der Waals surface area contributed by atoms with Crippen LogP contribution in [0.2, 0.25) is 0 Å². The van der Waals surface area contributed by atoms with E-state index < -0.39 is 5.97 Å². The van der Waals surface area contributed by atoms with Gasteiger partial charge in [0.05, 0.1) is 6.54 Å². The maximum Gasteiger partial charge on any atom is 0.317 e. The third-order valence-corrected chi connectivity index (χ3v) is 3.93. The van der Waals surface area contributed by atoms with Crippen LogP contribution in [0.3, 0.4) is 0 Å². The second-order valence-corrected chi connectivity index (χ2v) is 5.10. The summed E-state index contributed by atoms with van der Waals surface area (Å²) in [5, 5.41) is 8.87. The highest BCUT2D eigenvalue weighted by Gasteiger charge is 2.29. The molecule has 2 atom stereocenters. The number of carbonyl (C=O) groups is 1. The molecule has 1 heterocycles. The normalized spacial score (nSPS) is 24.9. The molecule has 0 bridgehead atoms. The van der Waals surface area contributed by atoms with E-state index in [1.165, 1.54) is 5.56 Å². The minimum Gasteiger partial charge on any atom is -0.480 e. The fourth-order valence-electron chi connectivity index (χ4n) is 3.00. The average molecular weight is 247 g/mol. The van der Waals surface area contributed by atoms with Crippen molar-refractivity contribution in [1.29, 1.82) is 0 Å². The number of hydrogen-bond donors (Lipinski definition) is 1. The van der Waals surface area contributed by atoms with Gasteiger partial charge in [-0.25, -0.2) is 0 Å². The van der Waals surface area contributed by atoms with Crippen LogP contribution in [0.25, 0.3) is 0 Å². The average Bonchev–Trinajstić information content (AvgIpc) is 2.39. The summed E-state index contributed by atoms with van der Waals surface area (Å²) in [7, 11) is 0. The Morgan fingerprint density at radius 1 is 1.39 bits per heavy atom. The van der Waals surface area contributed by atoms with Crippen LogP contribution < -0.4 is 0 Å². The molecule has 1 N–H and O–H groups in total. The zero-order valence-electron chi connectivity index (χ0n) is 10.9. The van der Waals surface area contributed by atoms with Crippen LogP contribution in [0.4, 0.5) is 0 Å². The molecule has 0 spiro atoms. The summed E-state index contributed by atoms with van der Waals surface area (Å²) in [5.74, 6) is 0.435. The SMILES string of the molecule is CC[C@@H]1CN(CC(=O)O)CC[C@H]1c1ccccc1. The van der Waals surface area contributed by atoms with Gasteiger partial charge in [0.25, 0.3) is 0 Å². The van der Waals surface area contributed by atoms with E-state index in [4.69, 9.17) is 5.11 Å². The first-order valence-corrected chi connectivity index (χ1v) is 6.69. The summed E-state index contributed by atoms with van der Waals surface area (Å²) >= 11 is 0. The van der Waals surface area contributed by atoms with Crippen molar-refractivity contribution in [3.8, 4) is 0 Å². The van der Waals surface area contributed by atoms with Crippen molar-refractivity contribution in [2.24, 2.45) is 5.92 Å². The fraction of sp³-hybridized carbons (Fsp3) is 0.533. The van der Waals surface area contributed by atoms with E-state index in [9.17, 15) is 4.79 Å². The first kappa shape index (κ1) is 13.1. The van der Waals surface area contributed by atoms with Crippen LogP contribution in [-0.2, 0) is 4.79 Å². The summed E-state index contributed by atoms with van der Waals surface area (Å²) in [6, 6.07) is 10.6. The second kappa shape index (κ2) is 6.01. The van der Waals surface area contributed by atoms with Crippen LogP contribution in [0, 0.1) is 5.92 Å². The molecule has 1 aliphatic heterocycles. The van der Waals surface area contributed by atoms with E-state index in [2.05, 4.69) is 36.1 Å². The lowest BCUT2D eigenvalue weighted by Gasteiger charge is -2.37. The summed E-state index contributed by atoms with van der Waals surface area (Å²) < 4.78 is 0.